The Labute approximate surface area is 655 Å². The quantitative estimate of drug-likeness (QED) is 0.0800. The molecule has 2 N–H and O–H groups in total. The fourth-order valence-electron chi connectivity index (χ4n) is 13.3. The van der Waals surface area contributed by atoms with E-state index in [4.69, 9.17) is 58.5 Å². The van der Waals surface area contributed by atoms with Gasteiger partial charge in [0.2, 0.25) is 0 Å². The average Bonchev–Trinajstić information content (AvgIpc) is 1.67. The SMILES string of the molecule is Clc1ncnc2[nH]c(-c3cccc(N4CCOCC4)c3)cc12.N#Cc1cc(-c2ncnc3[nH]c(-c4cccc(N5CCOCC5)c4)cc23)ccc1OC1CCOCC1.O=S(=O)(c1ccccc1)n1c(-c2cccc(N3CCOCC3)c2)cc2c(Cl)ncnc21.O=S(=O)(c1ccccc1)n1c(I)cc2c(Cl)ncnc21. The second-order valence-corrected chi connectivity index (χ2v) is 31.2. The molecule has 0 amide bonds. The molecule has 0 aliphatic carbocycles. The van der Waals surface area contributed by atoms with Crippen LogP contribution in [0.3, 0.4) is 0 Å². The number of nitrogens with zero attached hydrogens (tertiary/aromatic N) is 14. The van der Waals surface area contributed by atoms with Gasteiger partial charge in [0.25, 0.3) is 20.0 Å². The van der Waals surface area contributed by atoms with Crippen LogP contribution in [-0.4, -0.2) is 173 Å². The van der Waals surface area contributed by atoms with Gasteiger partial charge in [-0.1, -0.05) is 108 Å². The fraction of sp³-hybridized carbons (Fsp3) is 0.218. The van der Waals surface area contributed by atoms with E-state index in [9.17, 15) is 22.1 Å². The molecule has 109 heavy (non-hydrogen) atoms. The van der Waals surface area contributed by atoms with Crippen LogP contribution >= 0.6 is 57.4 Å². The van der Waals surface area contributed by atoms with Gasteiger partial charge in [-0.2, -0.15) is 5.26 Å². The number of aromatic amines is 2. The van der Waals surface area contributed by atoms with Crippen LogP contribution in [0.4, 0.5) is 17.1 Å². The van der Waals surface area contributed by atoms with Crippen molar-refractivity contribution in [2.45, 2.75) is 28.7 Å². The topological polar surface area (TPSA) is 292 Å². The second kappa shape index (κ2) is 33.4. The van der Waals surface area contributed by atoms with Crippen molar-refractivity contribution < 1.29 is 40.5 Å². The Kier molecular flexibility index (Phi) is 22.7. The van der Waals surface area contributed by atoms with Gasteiger partial charge in [0.15, 0.2) is 11.3 Å². The van der Waals surface area contributed by atoms with Crippen molar-refractivity contribution in [3.63, 3.8) is 0 Å². The van der Waals surface area contributed by atoms with E-state index >= 15 is 0 Å². The van der Waals surface area contributed by atoms with E-state index in [1.54, 1.807) is 79.1 Å². The molecule has 6 aromatic carbocycles. The van der Waals surface area contributed by atoms with Crippen LogP contribution in [0.25, 0.3) is 89.2 Å². The number of ether oxygens (including phenoxy) is 5. The Morgan fingerprint density at radius 1 is 0.440 bits per heavy atom. The number of benzene rings is 6. The molecule has 4 aliphatic rings. The first-order valence-corrected chi connectivity index (χ1v) is 40.0. The number of aromatic nitrogens is 12. The third-order valence-electron chi connectivity index (χ3n) is 18.8. The molecule has 31 heteroatoms. The summed E-state index contributed by atoms with van der Waals surface area (Å²) in [5.41, 5.74) is 12.9. The van der Waals surface area contributed by atoms with E-state index in [0.717, 1.165) is 146 Å². The first kappa shape index (κ1) is 74.3. The van der Waals surface area contributed by atoms with Gasteiger partial charge < -0.3 is 48.4 Å². The number of nitriles is 1. The minimum absolute atomic E-state index is 0.0721. The summed E-state index contributed by atoms with van der Waals surface area (Å²) in [5, 5.41) is 13.5. The van der Waals surface area contributed by atoms with Gasteiger partial charge in [0.1, 0.15) is 70.0 Å². The van der Waals surface area contributed by atoms with Gasteiger partial charge in [0.05, 0.1) is 99.5 Å². The summed E-state index contributed by atoms with van der Waals surface area (Å²) >= 11 is 20.3. The summed E-state index contributed by atoms with van der Waals surface area (Å²) in [6.07, 6.45) is 7.28. The van der Waals surface area contributed by atoms with Gasteiger partial charge in [-0.15, -0.1) is 0 Å². The molecule has 18 rings (SSSR count). The first-order valence-electron chi connectivity index (χ1n) is 34.9. The van der Waals surface area contributed by atoms with Crippen LogP contribution in [-0.2, 0) is 39.0 Å². The van der Waals surface area contributed by atoms with Crippen molar-refractivity contribution in [2.24, 2.45) is 0 Å². The monoisotopic (exact) mass is 1670 g/mol. The molecular weight excluding hydrogens is 1600 g/mol. The van der Waals surface area contributed by atoms with Crippen molar-refractivity contribution in [1.82, 2.24) is 57.8 Å². The van der Waals surface area contributed by atoms with Crippen LogP contribution in [0.5, 0.6) is 5.75 Å². The van der Waals surface area contributed by atoms with Gasteiger partial charge in [-0.3, -0.25) is 0 Å². The molecule has 0 atom stereocenters. The molecule has 0 unspecified atom stereocenters. The van der Waals surface area contributed by atoms with Crippen LogP contribution in [0.15, 0.2) is 211 Å². The van der Waals surface area contributed by atoms with E-state index in [-0.39, 0.29) is 37.5 Å². The molecule has 14 aromatic rings. The maximum atomic E-state index is 13.6. The highest BCUT2D eigenvalue weighted by Crippen LogP contribution is 2.38. The fourth-order valence-corrected chi connectivity index (χ4v) is 18.0. The zero-order valence-corrected chi connectivity index (χ0v) is 64.3. The van der Waals surface area contributed by atoms with E-state index in [0.29, 0.717) is 63.1 Å². The summed E-state index contributed by atoms with van der Waals surface area (Å²) in [6, 6.07) is 56.7. The Hall–Kier alpha value is -10.2. The minimum atomic E-state index is -3.92. The predicted molar refractivity (Wildman–Crippen MR) is 429 cm³/mol. The molecule has 4 fully saturated rings. The Morgan fingerprint density at radius 3 is 1.40 bits per heavy atom. The highest BCUT2D eigenvalue weighted by Gasteiger charge is 2.29. The maximum Gasteiger partial charge on any atom is 0.270 e. The normalized spacial score (nSPS) is 15.0. The number of nitrogens with one attached hydrogen (secondary N) is 2. The highest BCUT2D eigenvalue weighted by atomic mass is 127. The van der Waals surface area contributed by atoms with E-state index < -0.39 is 20.0 Å². The number of morpholine rings is 3. The van der Waals surface area contributed by atoms with Crippen LogP contribution in [0.2, 0.25) is 15.5 Å². The molecule has 8 aromatic heterocycles. The van der Waals surface area contributed by atoms with Crippen molar-refractivity contribution in [2.75, 3.05) is 107 Å². The molecule has 25 nitrogen and oxygen atoms in total. The first-order chi connectivity index (χ1) is 53.2. The lowest BCUT2D eigenvalue weighted by molar-refractivity contribution is 0.0254. The van der Waals surface area contributed by atoms with Gasteiger partial charge in [0, 0.05) is 108 Å². The van der Waals surface area contributed by atoms with E-state index in [1.165, 1.54) is 38.3 Å². The molecule has 0 saturated carbocycles. The summed E-state index contributed by atoms with van der Waals surface area (Å²) in [4.78, 5) is 47.5. The Balaban J connectivity index is 0.000000119. The number of halogens is 4. The molecule has 0 radical (unpaired) electrons. The zero-order chi connectivity index (χ0) is 75.0. The third-order valence-corrected chi connectivity index (χ3v) is 24.2. The van der Waals surface area contributed by atoms with Crippen LogP contribution < -0.4 is 19.4 Å². The van der Waals surface area contributed by atoms with E-state index in [2.05, 4.69) is 125 Å². The van der Waals surface area contributed by atoms with E-state index in [1.807, 2.05) is 71.1 Å². The number of hydrogen-bond donors (Lipinski definition) is 2. The number of rotatable bonds is 13. The summed E-state index contributed by atoms with van der Waals surface area (Å²) in [5.74, 6) is 0.605. The zero-order valence-electron chi connectivity index (χ0n) is 58.2. The van der Waals surface area contributed by atoms with Crippen molar-refractivity contribution >= 4 is 139 Å². The Morgan fingerprint density at radius 2 is 0.881 bits per heavy atom. The van der Waals surface area contributed by atoms with Gasteiger partial charge in [-0.05, 0) is 126 Å². The molecule has 0 spiro atoms. The lowest BCUT2D eigenvalue weighted by atomic mass is 10.0. The molecular formula is C78H68Cl3IN16O9S2. The lowest BCUT2D eigenvalue weighted by Gasteiger charge is -2.29. The summed E-state index contributed by atoms with van der Waals surface area (Å²) < 4.78 is 83.5. The third kappa shape index (κ3) is 16.3. The molecule has 554 valence electrons. The predicted octanol–water partition coefficient (Wildman–Crippen LogP) is 14.4. The average molecular weight is 1670 g/mol. The minimum Gasteiger partial charge on any atom is -0.489 e. The summed E-state index contributed by atoms with van der Waals surface area (Å²) in [7, 11) is -7.63. The number of anilines is 3. The van der Waals surface area contributed by atoms with Crippen LogP contribution in [0.1, 0.15) is 18.4 Å². The smallest absolute Gasteiger partial charge is 0.270 e. The maximum absolute atomic E-state index is 13.6. The Bertz CT molecular complexity index is 5890. The molecule has 4 aliphatic heterocycles. The van der Waals surface area contributed by atoms with Crippen LogP contribution in [0, 0.1) is 15.0 Å². The number of H-pyrrole nitrogens is 2. The standard InChI is InChI=1S/C28H27N5O3.C22H19ClN4O3S.C16H15ClN4O.C12H7ClIN3O2S/c29-17-21-14-20(4-5-26(21)36-23-6-10-34-11-7-23)27-24-16-25(32-28(24)31-18-30-27)19-2-1-3-22(15-19)33-8-12-35-13-9-33;23-21-19-14-20(16-5-4-6-17(13-16)26-9-11-30-12-10-26)27(22(19)25-15-24-21)31(28,29)18-7-2-1-3-8-18;17-15-13-9-14(20-16(13)19-10-18-15)11-2-1-3-12(8-11)21-4-6-22-7-5-21;13-11-9-6-10(14)17(12(9)16-7-15-11)20(18,19)8-4-2-1-3-5-8/h1-5,14-16,18,23H,6-13H2,(H,30,31,32);1-8,13-15H,9-12H2;1-3,8-10H,4-7H2,(H,18,19,20);1-7H. The molecule has 12 heterocycles. The second-order valence-electron chi connectivity index (χ2n) is 25.4. The van der Waals surface area contributed by atoms with Crippen molar-refractivity contribution in [3.8, 4) is 56.8 Å². The largest absolute Gasteiger partial charge is 0.489 e. The van der Waals surface area contributed by atoms with Gasteiger partial charge in [-0.25, -0.2) is 64.7 Å². The number of fused-ring (bicyclic) bond motifs is 4. The lowest BCUT2D eigenvalue weighted by Crippen LogP contribution is -2.36. The van der Waals surface area contributed by atoms with Crippen molar-refractivity contribution in [3.05, 3.63) is 226 Å². The summed E-state index contributed by atoms with van der Waals surface area (Å²) in [6.45, 7) is 11.0. The highest BCUT2D eigenvalue weighted by molar-refractivity contribution is 14.1. The van der Waals surface area contributed by atoms with Gasteiger partial charge >= 0.3 is 0 Å². The number of hydrogen-bond acceptors (Lipinski definition) is 21. The molecule has 4 saturated heterocycles. The molecule has 0 bridgehead atoms. The van der Waals surface area contributed by atoms with Crippen molar-refractivity contribution in [1.29, 1.82) is 5.26 Å².